The minimum atomic E-state index is -0.125. The number of aromatic nitrogens is 2. The van der Waals surface area contributed by atoms with E-state index in [1.165, 1.54) is 16.0 Å². The van der Waals surface area contributed by atoms with Crippen LogP contribution in [-0.4, -0.2) is 21.9 Å². The molecule has 1 unspecified atom stereocenters. The van der Waals surface area contributed by atoms with Gasteiger partial charge in [-0.25, -0.2) is 4.79 Å². The Morgan fingerprint density at radius 3 is 2.68 bits per heavy atom. The van der Waals surface area contributed by atoms with Gasteiger partial charge < -0.3 is 10.6 Å². The predicted molar refractivity (Wildman–Crippen MR) is 90.3 cm³/mol. The van der Waals surface area contributed by atoms with E-state index in [0.29, 0.717) is 6.54 Å². The van der Waals surface area contributed by atoms with Gasteiger partial charge in [-0.3, -0.25) is 4.68 Å². The topological polar surface area (TPSA) is 59.0 Å². The molecule has 0 aliphatic carbocycles. The van der Waals surface area contributed by atoms with Gasteiger partial charge >= 0.3 is 6.03 Å². The number of carbonyl (C=O) groups is 1. The van der Waals surface area contributed by atoms with E-state index in [-0.39, 0.29) is 12.1 Å². The molecule has 2 aromatic rings. The van der Waals surface area contributed by atoms with Crippen LogP contribution in [0.1, 0.15) is 34.3 Å². The molecule has 2 heterocycles. The lowest BCUT2D eigenvalue weighted by atomic mass is 10.1. The second kappa shape index (κ2) is 6.96. The molecular formula is C16H24N4OS. The van der Waals surface area contributed by atoms with Crippen molar-refractivity contribution in [3.05, 3.63) is 38.8 Å². The van der Waals surface area contributed by atoms with Gasteiger partial charge in [-0.1, -0.05) is 0 Å². The number of hydrogen-bond donors (Lipinski definition) is 2. The van der Waals surface area contributed by atoms with Crippen LogP contribution in [-0.2, 0) is 20.0 Å². The number of nitrogens with zero attached hydrogens (tertiary/aromatic N) is 2. The van der Waals surface area contributed by atoms with Crippen molar-refractivity contribution in [2.24, 2.45) is 7.05 Å². The number of rotatable bonds is 5. The first kappa shape index (κ1) is 16.5. The molecule has 0 fully saturated rings. The highest BCUT2D eigenvalue weighted by molar-refractivity contribution is 7.10. The van der Waals surface area contributed by atoms with Crippen LogP contribution in [0.15, 0.2) is 11.4 Å². The van der Waals surface area contributed by atoms with E-state index < -0.39 is 0 Å². The van der Waals surface area contributed by atoms with Gasteiger partial charge in [0.05, 0.1) is 12.2 Å². The Balaban J connectivity index is 1.85. The fourth-order valence-electron chi connectivity index (χ4n) is 2.49. The number of nitrogens with one attached hydrogen (secondary N) is 2. The molecule has 0 spiro atoms. The molecule has 22 heavy (non-hydrogen) atoms. The molecule has 0 saturated carbocycles. The van der Waals surface area contributed by atoms with Crippen molar-refractivity contribution in [3.8, 4) is 0 Å². The fourth-order valence-corrected chi connectivity index (χ4v) is 3.34. The highest BCUT2D eigenvalue weighted by Gasteiger charge is 2.14. The first-order chi connectivity index (χ1) is 10.4. The summed E-state index contributed by atoms with van der Waals surface area (Å²) >= 11 is 1.67. The van der Waals surface area contributed by atoms with Crippen molar-refractivity contribution in [1.82, 2.24) is 20.4 Å². The van der Waals surface area contributed by atoms with E-state index in [1.54, 1.807) is 11.3 Å². The van der Waals surface area contributed by atoms with Gasteiger partial charge in [-0.2, -0.15) is 5.10 Å². The zero-order valence-corrected chi connectivity index (χ0v) is 14.7. The summed E-state index contributed by atoms with van der Waals surface area (Å²) in [7, 11) is 1.94. The normalized spacial score (nSPS) is 12.2. The lowest BCUT2D eigenvalue weighted by molar-refractivity contribution is 0.237. The van der Waals surface area contributed by atoms with Crippen molar-refractivity contribution in [2.75, 3.05) is 0 Å². The van der Waals surface area contributed by atoms with Crippen LogP contribution in [0.3, 0.4) is 0 Å². The second-order valence-corrected chi connectivity index (χ2v) is 6.73. The van der Waals surface area contributed by atoms with Crippen molar-refractivity contribution in [3.63, 3.8) is 0 Å². The van der Waals surface area contributed by atoms with Gasteiger partial charge in [-0.05, 0) is 56.7 Å². The number of thiophene rings is 1. The zero-order valence-electron chi connectivity index (χ0n) is 13.9. The Morgan fingerprint density at radius 1 is 1.41 bits per heavy atom. The lowest BCUT2D eigenvalue weighted by Crippen LogP contribution is -2.41. The van der Waals surface area contributed by atoms with Crippen LogP contribution in [0.25, 0.3) is 0 Å². The van der Waals surface area contributed by atoms with E-state index in [9.17, 15) is 4.79 Å². The first-order valence-electron chi connectivity index (χ1n) is 7.45. The number of hydrogen-bond acceptors (Lipinski definition) is 3. The van der Waals surface area contributed by atoms with E-state index in [0.717, 1.165) is 17.8 Å². The van der Waals surface area contributed by atoms with Crippen LogP contribution >= 0.6 is 11.3 Å². The van der Waals surface area contributed by atoms with Gasteiger partial charge in [0.25, 0.3) is 0 Å². The number of amides is 2. The molecule has 6 heteroatoms. The van der Waals surface area contributed by atoms with Gasteiger partial charge in [-0.15, -0.1) is 11.3 Å². The third kappa shape index (κ3) is 3.88. The van der Waals surface area contributed by atoms with Crippen LogP contribution in [0.5, 0.6) is 0 Å². The fraction of sp³-hybridized carbons (Fsp3) is 0.500. The minimum absolute atomic E-state index is 0.0611. The zero-order chi connectivity index (χ0) is 16.3. The number of carbonyl (C=O) groups excluding carboxylic acids is 1. The minimum Gasteiger partial charge on any atom is -0.335 e. The molecule has 2 aromatic heterocycles. The van der Waals surface area contributed by atoms with Crippen molar-refractivity contribution in [2.45, 2.75) is 46.7 Å². The molecule has 2 N–H and O–H groups in total. The molecular weight excluding hydrogens is 296 g/mol. The Kier molecular flexibility index (Phi) is 5.24. The summed E-state index contributed by atoms with van der Waals surface area (Å²) in [6.07, 6.45) is 0.789. The Bertz CT molecular complexity index is 659. The van der Waals surface area contributed by atoms with Gasteiger partial charge in [0.15, 0.2) is 0 Å². The van der Waals surface area contributed by atoms with Crippen molar-refractivity contribution >= 4 is 17.4 Å². The summed E-state index contributed by atoms with van der Waals surface area (Å²) in [6, 6.07) is 2.00. The molecule has 0 aliphatic rings. The smallest absolute Gasteiger partial charge is 0.315 e. The summed E-state index contributed by atoms with van der Waals surface area (Å²) in [5.41, 5.74) is 4.62. The molecule has 2 rings (SSSR count). The number of urea groups is 1. The Hall–Kier alpha value is -1.82. The third-order valence-electron chi connectivity index (χ3n) is 3.92. The third-order valence-corrected chi connectivity index (χ3v) is 4.95. The molecule has 120 valence electrons. The maximum Gasteiger partial charge on any atom is 0.315 e. The summed E-state index contributed by atoms with van der Waals surface area (Å²) in [5.74, 6) is 0. The first-order valence-corrected chi connectivity index (χ1v) is 8.32. The molecule has 5 nitrogen and oxygen atoms in total. The van der Waals surface area contributed by atoms with E-state index in [2.05, 4.69) is 35.6 Å². The monoisotopic (exact) mass is 320 g/mol. The quantitative estimate of drug-likeness (QED) is 0.890. The van der Waals surface area contributed by atoms with Gasteiger partial charge in [0.2, 0.25) is 0 Å². The summed E-state index contributed by atoms with van der Waals surface area (Å²) < 4.78 is 1.89. The van der Waals surface area contributed by atoms with Crippen molar-refractivity contribution in [1.29, 1.82) is 0 Å². The average molecular weight is 320 g/mol. The van der Waals surface area contributed by atoms with E-state index in [4.69, 9.17) is 0 Å². The van der Waals surface area contributed by atoms with E-state index in [1.807, 2.05) is 31.0 Å². The van der Waals surface area contributed by atoms with Gasteiger partial charge in [0, 0.05) is 23.7 Å². The maximum atomic E-state index is 12.0. The Labute approximate surface area is 135 Å². The van der Waals surface area contributed by atoms with Crippen LogP contribution in [0.4, 0.5) is 4.79 Å². The summed E-state index contributed by atoms with van der Waals surface area (Å²) in [5, 5.41) is 12.4. The molecule has 0 aliphatic heterocycles. The van der Waals surface area contributed by atoms with Gasteiger partial charge in [0.1, 0.15) is 0 Å². The largest absolute Gasteiger partial charge is 0.335 e. The highest BCUT2D eigenvalue weighted by Crippen LogP contribution is 2.15. The molecule has 0 bridgehead atoms. The van der Waals surface area contributed by atoms with Crippen LogP contribution < -0.4 is 10.6 Å². The number of aryl methyl sites for hydroxylation is 3. The van der Waals surface area contributed by atoms with Crippen LogP contribution in [0, 0.1) is 20.8 Å². The standard InChI is InChI=1S/C16H24N4OS/c1-10-6-7-22-15(10)9-17-16(21)18-11(2)8-14-12(3)19-20(5)13(14)4/h6-7,11H,8-9H2,1-5H3,(H2,17,18,21). The lowest BCUT2D eigenvalue weighted by Gasteiger charge is -2.15. The van der Waals surface area contributed by atoms with E-state index >= 15 is 0 Å². The maximum absolute atomic E-state index is 12.0. The molecule has 1 atom stereocenters. The predicted octanol–water partition coefficient (Wildman–Crippen LogP) is 2.84. The molecule has 0 saturated heterocycles. The average Bonchev–Trinajstić information content (AvgIpc) is 2.95. The van der Waals surface area contributed by atoms with Crippen molar-refractivity contribution < 1.29 is 4.79 Å². The molecule has 0 aromatic carbocycles. The second-order valence-electron chi connectivity index (χ2n) is 5.73. The molecule has 2 amide bonds. The highest BCUT2D eigenvalue weighted by atomic mass is 32.1. The molecule has 0 radical (unpaired) electrons. The SMILES string of the molecule is Cc1ccsc1CNC(=O)NC(C)Cc1c(C)nn(C)c1C. The summed E-state index contributed by atoms with van der Waals surface area (Å²) in [6.45, 7) is 8.72. The Morgan fingerprint density at radius 2 is 2.14 bits per heavy atom. The van der Waals surface area contributed by atoms with Crippen LogP contribution in [0.2, 0.25) is 0 Å². The summed E-state index contributed by atoms with van der Waals surface area (Å²) in [4.78, 5) is 13.2.